The van der Waals surface area contributed by atoms with E-state index >= 15 is 0 Å². The molecule has 0 aliphatic heterocycles. The van der Waals surface area contributed by atoms with E-state index in [9.17, 15) is 9.59 Å². The monoisotopic (exact) mass is 249 g/mol. The Bertz CT molecular complexity index is 454. The largest absolute Gasteiger partial charge is 0.493 e. The Morgan fingerprint density at radius 3 is 2.83 bits per heavy atom. The van der Waals surface area contributed by atoms with Gasteiger partial charge in [-0.05, 0) is 25.0 Å². The molecule has 1 aliphatic rings. The van der Waals surface area contributed by atoms with Crippen LogP contribution in [0.1, 0.15) is 19.3 Å². The maximum atomic E-state index is 11.6. The zero-order valence-electron chi connectivity index (χ0n) is 9.89. The molecule has 0 bridgehead atoms. The minimum absolute atomic E-state index is 0.0395. The number of carboxylic acids is 1. The second-order valence-electron chi connectivity index (χ2n) is 4.28. The molecule has 18 heavy (non-hydrogen) atoms. The van der Waals surface area contributed by atoms with Crippen molar-refractivity contribution in [1.29, 1.82) is 0 Å². The van der Waals surface area contributed by atoms with Crippen molar-refractivity contribution in [3.63, 3.8) is 0 Å². The van der Waals surface area contributed by atoms with Gasteiger partial charge in [0, 0.05) is 17.7 Å². The van der Waals surface area contributed by atoms with Gasteiger partial charge >= 0.3 is 5.97 Å². The summed E-state index contributed by atoms with van der Waals surface area (Å²) in [4.78, 5) is 21.9. The molecule has 1 aromatic carbocycles. The van der Waals surface area contributed by atoms with Crippen LogP contribution < -0.4 is 10.1 Å². The Hall–Kier alpha value is -2.04. The summed E-state index contributed by atoms with van der Waals surface area (Å²) < 4.78 is 5.28. The van der Waals surface area contributed by atoms with Crippen LogP contribution in [0.3, 0.4) is 0 Å². The molecule has 0 radical (unpaired) electrons. The van der Waals surface area contributed by atoms with Gasteiger partial charge in [0.05, 0.1) is 13.0 Å². The average Bonchev–Trinajstić information content (AvgIpc) is 3.12. The van der Waals surface area contributed by atoms with Crippen LogP contribution in [0.5, 0.6) is 5.75 Å². The summed E-state index contributed by atoms with van der Waals surface area (Å²) in [5.74, 6) is -0.141. The van der Waals surface area contributed by atoms with Crippen LogP contribution in [-0.2, 0) is 9.59 Å². The molecule has 1 fully saturated rings. The molecule has 5 heteroatoms. The zero-order valence-corrected chi connectivity index (χ0v) is 9.89. The number of hydrogen-bond acceptors (Lipinski definition) is 3. The number of carboxylic acid groups (broad SMARTS) is 1. The number of hydrogen-bond donors (Lipinski definition) is 2. The van der Waals surface area contributed by atoms with Crippen molar-refractivity contribution in [2.75, 3.05) is 11.9 Å². The van der Waals surface area contributed by atoms with Crippen molar-refractivity contribution in [3.8, 4) is 5.75 Å². The summed E-state index contributed by atoms with van der Waals surface area (Å²) >= 11 is 0. The first kappa shape index (κ1) is 12.4. The number of ether oxygens (including phenoxy) is 1. The Kier molecular flexibility index (Phi) is 3.82. The van der Waals surface area contributed by atoms with Gasteiger partial charge in [-0.1, -0.05) is 6.07 Å². The van der Waals surface area contributed by atoms with Crippen LogP contribution in [0.15, 0.2) is 24.3 Å². The molecule has 5 nitrogen and oxygen atoms in total. The first-order chi connectivity index (χ1) is 8.65. The van der Waals surface area contributed by atoms with Crippen LogP contribution in [0.4, 0.5) is 5.69 Å². The normalized spacial score (nSPS) is 14.0. The van der Waals surface area contributed by atoms with Gasteiger partial charge in [0.15, 0.2) is 0 Å². The average molecular weight is 249 g/mol. The number of anilines is 1. The van der Waals surface area contributed by atoms with Crippen molar-refractivity contribution in [2.24, 2.45) is 5.92 Å². The fraction of sp³-hybridized carbons (Fsp3) is 0.385. The van der Waals surface area contributed by atoms with Gasteiger partial charge in [-0.25, -0.2) is 0 Å². The van der Waals surface area contributed by atoms with Crippen molar-refractivity contribution >= 4 is 17.6 Å². The summed E-state index contributed by atoms with van der Waals surface area (Å²) in [6.07, 6.45) is 1.87. The molecule has 1 amide bonds. The summed E-state index contributed by atoms with van der Waals surface area (Å²) in [5, 5.41) is 11.3. The van der Waals surface area contributed by atoms with Crippen molar-refractivity contribution in [3.05, 3.63) is 24.3 Å². The Morgan fingerprint density at radius 2 is 2.17 bits per heavy atom. The molecule has 2 N–H and O–H groups in total. The predicted octanol–water partition coefficient (Wildman–Crippen LogP) is 1.89. The summed E-state index contributed by atoms with van der Waals surface area (Å²) in [6, 6.07) is 6.97. The van der Waals surface area contributed by atoms with E-state index in [1.54, 1.807) is 24.3 Å². The predicted molar refractivity (Wildman–Crippen MR) is 65.5 cm³/mol. The molecule has 1 aliphatic carbocycles. The van der Waals surface area contributed by atoms with Gasteiger partial charge in [0.1, 0.15) is 5.75 Å². The number of rotatable bonds is 6. The van der Waals surface area contributed by atoms with E-state index in [0.29, 0.717) is 11.4 Å². The van der Waals surface area contributed by atoms with Crippen molar-refractivity contribution < 1.29 is 19.4 Å². The molecule has 0 heterocycles. The van der Waals surface area contributed by atoms with Gasteiger partial charge < -0.3 is 15.2 Å². The molecule has 0 unspecified atom stereocenters. The number of amides is 1. The Morgan fingerprint density at radius 1 is 1.39 bits per heavy atom. The van der Waals surface area contributed by atoms with Crippen LogP contribution in [0.25, 0.3) is 0 Å². The van der Waals surface area contributed by atoms with Gasteiger partial charge in [0.25, 0.3) is 0 Å². The summed E-state index contributed by atoms with van der Waals surface area (Å²) in [6.45, 7) is 0.120. The van der Waals surface area contributed by atoms with Crippen LogP contribution in [0.2, 0.25) is 0 Å². The molecule has 1 saturated carbocycles. The van der Waals surface area contributed by atoms with E-state index < -0.39 is 5.97 Å². The first-order valence-corrected chi connectivity index (χ1v) is 5.90. The molecule has 0 saturated heterocycles. The van der Waals surface area contributed by atoms with Crippen molar-refractivity contribution in [1.82, 2.24) is 0 Å². The SMILES string of the molecule is O=C(O)CCOc1cccc(NC(=O)C2CC2)c1. The number of aliphatic carboxylic acids is 1. The number of carbonyl (C=O) groups excluding carboxylic acids is 1. The van der Waals surface area contributed by atoms with E-state index in [0.717, 1.165) is 12.8 Å². The highest BCUT2D eigenvalue weighted by Gasteiger charge is 2.29. The molecular formula is C13H15NO4. The fourth-order valence-electron chi connectivity index (χ4n) is 1.51. The minimum Gasteiger partial charge on any atom is -0.493 e. The zero-order chi connectivity index (χ0) is 13.0. The van der Waals surface area contributed by atoms with E-state index in [-0.39, 0.29) is 24.9 Å². The lowest BCUT2D eigenvalue weighted by Crippen LogP contribution is -2.13. The Labute approximate surface area is 105 Å². The van der Waals surface area contributed by atoms with E-state index in [4.69, 9.17) is 9.84 Å². The number of benzene rings is 1. The Balaban J connectivity index is 1.87. The second kappa shape index (κ2) is 5.53. The third kappa shape index (κ3) is 3.76. The quantitative estimate of drug-likeness (QED) is 0.807. The third-order valence-electron chi connectivity index (χ3n) is 2.63. The van der Waals surface area contributed by atoms with Gasteiger partial charge in [-0.3, -0.25) is 9.59 Å². The lowest BCUT2D eigenvalue weighted by molar-refractivity contribution is -0.137. The maximum absolute atomic E-state index is 11.6. The molecule has 0 spiro atoms. The smallest absolute Gasteiger partial charge is 0.306 e. The third-order valence-corrected chi connectivity index (χ3v) is 2.63. The standard InChI is InChI=1S/C13H15NO4/c15-12(16)6-7-18-11-3-1-2-10(8-11)14-13(17)9-4-5-9/h1-3,8-9H,4-7H2,(H,14,17)(H,15,16). The molecule has 0 atom stereocenters. The van der Waals surface area contributed by atoms with Crippen LogP contribution in [-0.4, -0.2) is 23.6 Å². The number of carbonyl (C=O) groups is 2. The molecule has 0 aromatic heterocycles. The highest BCUT2D eigenvalue weighted by molar-refractivity contribution is 5.94. The molecule has 1 aromatic rings. The lowest BCUT2D eigenvalue weighted by atomic mass is 10.3. The van der Waals surface area contributed by atoms with Crippen LogP contribution >= 0.6 is 0 Å². The van der Waals surface area contributed by atoms with Gasteiger partial charge in [0.2, 0.25) is 5.91 Å². The number of nitrogens with one attached hydrogen (secondary N) is 1. The van der Waals surface area contributed by atoms with Crippen molar-refractivity contribution in [2.45, 2.75) is 19.3 Å². The summed E-state index contributed by atoms with van der Waals surface area (Å²) in [7, 11) is 0. The molecule has 96 valence electrons. The highest BCUT2D eigenvalue weighted by Crippen LogP contribution is 2.30. The second-order valence-corrected chi connectivity index (χ2v) is 4.28. The van der Waals surface area contributed by atoms with Crippen LogP contribution in [0, 0.1) is 5.92 Å². The highest BCUT2D eigenvalue weighted by atomic mass is 16.5. The lowest BCUT2D eigenvalue weighted by Gasteiger charge is -2.08. The van der Waals surface area contributed by atoms with Gasteiger partial charge in [-0.2, -0.15) is 0 Å². The molecule has 2 rings (SSSR count). The van der Waals surface area contributed by atoms with E-state index in [1.165, 1.54) is 0 Å². The molecular weight excluding hydrogens is 234 g/mol. The summed E-state index contributed by atoms with van der Waals surface area (Å²) in [5.41, 5.74) is 0.680. The van der Waals surface area contributed by atoms with E-state index in [1.807, 2.05) is 0 Å². The topological polar surface area (TPSA) is 75.6 Å². The first-order valence-electron chi connectivity index (χ1n) is 5.90. The van der Waals surface area contributed by atoms with E-state index in [2.05, 4.69) is 5.32 Å². The maximum Gasteiger partial charge on any atom is 0.306 e. The minimum atomic E-state index is -0.895. The fourth-order valence-corrected chi connectivity index (χ4v) is 1.51. The van der Waals surface area contributed by atoms with Gasteiger partial charge in [-0.15, -0.1) is 0 Å².